The van der Waals surface area contributed by atoms with Crippen molar-refractivity contribution in [2.24, 2.45) is 0 Å². The second-order valence-electron chi connectivity index (χ2n) is 8.50. The average Bonchev–Trinajstić information content (AvgIpc) is 3.15. The number of rotatable bonds is 5. The van der Waals surface area contributed by atoms with Crippen LogP contribution in [0, 0.1) is 0 Å². The molecule has 1 aliphatic heterocycles. The molecule has 0 saturated carbocycles. The molecule has 3 heterocycles. The van der Waals surface area contributed by atoms with Crippen molar-refractivity contribution in [2.75, 3.05) is 5.75 Å². The van der Waals surface area contributed by atoms with Crippen LogP contribution in [0.3, 0.4) is 0 Å². The Hall–Kier alpha value is -1.87. The fourth-order valence-corrected chi connectivity index (χ4v) is 7.48. The number of nitrogens with zero attached hydrogens (tertiary/aromatic N) is 2. The number of thioether (sulfide) groups is 2. The molecule has 0 spiro atoms. The molecule has 0 bridgehead atoms. The van der Waals surface area contributed by atoms with E-state index in [1.54, 1.807) is 28.0 Å². The average molecular weight is 558 g/mol. The maximum atomic E-state index is 13.9. The van der Waals surface area contributed by atoms with Gasteiger partial charge in [0, 0.05) is 25.4 Å². The van der Waals surface area contributed by atoms with Gasteiger partial charge in [0.05, 0.1) is 16.8 Å². The third-order valence-corrected chi connectivity index (χ3v) is 9.72. The van der Waals surface area contributed by atoms with Crippen molar-refractivity contribution in [1.82, 2.24) is 9.55 Å². The standard InChI is InChI=1S/C25H21BrN2O2S3/c1-25(2)12-18-20(14-32-25)33-22-21(18)23(30)28(17-6-4-3-5-7-17)24(27-22)31-13-19(29)15-8-10-16(26)11-9-15/h3-11H,12-14H2,1-2H3. The summed E-state index contributed by atoms with van der Waals surface area (Å²) in [6.45, 7) is 4.45. The molecule has 0 saturated heterocycles. The highest BCUT2D eigenvalue weighted by Gasteiger charge is 2.31. The Kier molecular flexibility index (Phi) is 6.29. The second kappa shape index (κ2) is 9.06. The largest absolute Gasteiger partial charge is 0.293 e. The molecule has 0 unspecified atom stereocenters. The van der Waals surface area contributed by atoms with E-state index in [4.69, 9.17) is 4.98 Å². The number of carbonyl (C=O) groups is 1. The van der Waals surface area contributed by atoms with Gasteiger partial charge in [0.1, 0.15) is 4.83 Å². The molecule has 0 aliphatic carbocycles. The molecule has 0 radical (unpaired) electrons. The first-order valence-corrected chi connectivity index (χ1v) is 14.1. The zero-order chi connectivity index (χ0) is 23.2. The molecular weight excluding hydrogens is 536 g/mol. The topological polar surface area (TPSA) is 52.0 Å². The van der Waals surface area contributed by atoms with E-state index in [2.05, 4.69) is 29.8 Å². The minimum atomic E-state index is -0.0509. The maximum Gasteiger partial charge on any atom is 0.267 e. The molecular formula is C25H21BrN2O2S3. The Morgan fingerprint density at radius 3 is 2.61 bits per heavy atom. The highest BCUT2D eigenvalue weighted by Crippen LogP contribution is 2.44. The summed E-state index contributed by atoms with van der Waals surface area (Å²) in [7, 11) is 0. The van der Waals surface area contributed by atoms with Crippen molar-refractivity contribution in [1.29, 1.82) is 0 Å². The molecule has 4 nitrogen and oxygen atoms in total. The fourth-order valence-electron chi connectivity index (χ4n) is 3.92. The van der Waals surface area contributed by atoms with Gasteiger partial charge in [0.15, 0.2) is 10.9 Å². The van der Waals surface area contributed by atoms with Crippen molar-refractivity contribution >= 4 is 66.8 Å². The second-order valence-corrected chi connectivity index (χ2v) is 13.1. The Balaban J connectivity index is 1.59. The molecule has 0 amide bonds. The number of fused-ring (bicyclic) bond motifs is 3. The van der Waals surface area contributed by atoms with Crippen LogP contribution in [0.15, 0.2) is 69.0 Å². The number of ketones is 1. The number of benzene rings is 2. The van der Waals surface area contributed by atoms with Crippen LogP contribution in [0.1, 0.15) is 34.6 Å². The monoisotopic (exact) mass is 556 g/mol. The minimum absolute atomic E-state index is 0.00470. The highest BCUT2D eigenvalue weighted by molar-refractivity contribution is 9.10. The van der Waals surface area contributed by atoms with Crippen LogP contribution in [0.4, 0.5) is 0 Å². The molecule has 0 fully saturated rings. The first-order valence-electron chi connectivity index (χ1n) is 10.5. The zero-order valence-electron chi connectivity index (χ0n) is 18.1. The van der Waals surface area contributed by atoms with Crippen molar-refractivity contribution in [3.63, 3.8) is 0 Å². The van der Waals surface area contributed by atoms with E-state index >= 15 is 0 Å². The first kappa shape index (κ1) is 22.9. The van der Waals surface area contributed by atoms with Crippen molar-refractivity contribution in [3.8, 4) is 5.69 Å². The summed E-state index contributed by atoms with van der Waals surface area (Å²) in [5.41, 5.74) is 2.50. The Labute approximate surface area is 213 Å². The predicted molar refractivity (Wildman–Crippen MR) is 143 cm³/mol. The fraction of sp³-hybridized carbons (Fsp3) is 0.240. The maximum absolute atomic E-state index is 13.9. The Morgan fingerprint density at radius 2 is 1.88 bits per heavy atom. The number of halogens is 1. The number of hydrogen-bond donors (Lipinski definition) is 0. The molecule has 4 aromatic rings. The molecule has 2 aromatic carbocycles. The lowest BCUT2D eigenvalue weighted by molar-refractivity contribution is 0.102. The number of Topliss-reactive ketones (excluding diaryl/α,β-unsaturated/α-hetero) is 1. The Bertz CT molecular complexity index is 1410. The lowest BCUT2D eigenvalue weighted by Crippen LogP contribution is -2.26. The van der Waals surface area contributed by atoms with Crippen molar-refractivity contribution in [3.05, 3.63) is 85.4 Å². The van der Waals surface area contributed by atoms with Gasteiger partial charge in [-0.1, -0.05) is 71.9 Å². The molecule has 1 aliphatic rings. The van der Waals surface area contributed by atoms with Crippen LogP contribution in [0.2, 0.25) is 0 Å². The van der Waals surface area contributed by atoms with E-state index in [-0.39, 0.29) is 21.8 Å². The van der Waals surface area contributed by atoms with Crippen LogP contribution < -0.4 is 5.56 Å². The van der Waals surface area contributed by atoms with Gasteiger partial charge in [-0.2, -0.15) is 0 Å². The lowest BCUT2D eigenvalue weighted by Gasteiger charge is -2.28. The van der Waals surface area contributed by atoms with Gasteiger partial charge in [-0.25, -0.2) is 4.98 Å². The molecule has 0 atom stereocenters. The number of thiophene rings is 1. The molecule has 168 valence electrons. The SMILES string of the molecule is CC1(C)Cc2c(sc3nc(SCC(=O)c4ccc(Br)cc4)n(-c4ccccc4)c(=O)c23)CS1. The van der Waals surface area contributed by atoms with E-state index in [9.17, 15) is 9.59 Å². The van der Waals surface area contributed by atoms with Gasteiger partial charge in [-0.3, -0.25) is 14.2 Å². The van der Waals surface area contributed by atoms with Crippen LogP contribution >= 0.6 is 50.8 Å². The molecule has 2 aromatic heterocycles. The number of para-hydroxylation sites is 1. The molecule has 5 rings (SSSR count). The summed E-state index contributed by atoms with van der Waals surface area (Å²) in [6.07, 6.45) is 0.854. The van der Waals surface area contributed by atoms with Crippen molar-refractivity contribution in [2.45, 2.75) is 35.9 Å². The molecule has 8 heteroatoms. The summed E-state index contributed by atoms with van der Waals surface area (Å²) in [5.74, 6) is 1.11. The van der Waals surface area contributed by atoms with E-state index in [0.717, 1.165) is 38.1 Å². The molecule has 0 N–H and O–H groups in total. The minimum Gasteiger partial charge on any atom is -0.293 e. The van der Waals surface area contributed by atoms with Gasteiger partial charge in [-0.15, -0.1) is 23.1 Å². The zero-order valence-corrected chi connectivity index (χ0v) is 22.2. The van der Waals surface area contributed by atoms with E-state index in [1.165, 1.54) is 16.6 Å². The lowest BCUT2D eigenvalue weighted by atomic mass is 10.00. The van der Waals surface area contributed by atoms with Gasteiger partial charge >= 0.3 is 0 Å². The molecule has 33 heavy (non-hydrogen) atoms. The first-order chi connectivity index (χ1) is 15.8. The van der Waals surface area contributed by atoms with Crippen molar-refractivity contribution < 1.29 is 4.79 Å². The van der Waals surface area contributed by atoms with Crippen LogP contribution in [0.5, 0.6) is 0 Å². The quantitative estimate of drug-likeness (QED) is 0.154. The van der Waals surface area contributed by atoms with Crippen LogP contribution in [-0.2, 0) is 12.2 Å². The smallest absolute Gasteiger partial charge is 0.267 e. The van der Waals surface area contributed by atoms with Crippen LogP contribution in [0.25, 0.3) is 15.9 Å². The number of hydrogen-bond acceptors (Lipinski definition) is 6. The predicted octanol–water partition coefficient (Wildman–Crippen LogP) is 6.75. The Morgan fingerprint density at radius 1 is 1.15 bits per heavy atom. The summed E-state index contributed by atoms with van der Waals surface area (Å²) >= 11 is 8.26. The van der Waals surface area contributed by atoms with E-state index in [1.807, 2.05) is 54.2 Å². The van der Waals surface area contributed by atoms with E-state index in [0.29, 0.717) is 10.7 Å². The summed E-state index contributed by atoms with van der Waals surface area (Å²) in [4.78, 5) is 33.6. The number of carbonyl (C=O) groups excluding carboxylic acids is 1. The third kappa shape index (κ3) is 4.58. The highest BCUT2D eigenvalue weighted by atomic mass is 79.9. The summed E-state index contributed by atoms with van der Waals surface area (Å²) in [6, 6.07) is 16.9. The normalized spacial score (nSPS) is 14.9. The van der Waals surface area contributed by atoms with Gasteiger partial charge in [-0.05, 0) is 36.2 Å². The van der Waals surface area contributed by atoms with Gasteiger partial charge in [0.25, 0.3) is 5.56 Å². The number of aromatic nitrogens is 2. The van der Waals surface area contributed by atoms with Crippen LogP contribution in [-0.4, -0.2) is 25.8 Å². The summed E-state index contributed by atoms with van der Waals surface area (Å²) < 4.78 is 2.69. The summed E-state index contributed by atoms with van der Waals surface area (Å²) in [5, 5.41) is 1.28. The third-order valence-electron chi connectivity index (χ3n) is 5.59. The van der Waals surface area contributed by atoms with Gasteiger partial charge in [0.2, 0.25) is 0 Å². The van der Waals surface area contributed by atoms with Gasteiger partial charge < -0.3 is 0 Å². The van der Waals surface area contributed by atoms with E-state index < -0.39 is 0 Å².